The van der Waals surface area contributed by atoms with Gasteiger partial charge in [0.15, 0.2) is 0 Å². The van der Waals surface area contributed by atoms with Crippen LogP contribution in [0.15, 0.2) is 20.1 Å². The van der Waals surface area contributed by atoms with Gasteiger partial charge in [0.1, 0.15) is 10.3 Å². The Balaban J connectivity index is 3.09. The van der Waals surface area contributed by atoms with Crippen molar-refractivity contribution in [3.8, 4) is 0 Å². The Morgan fingerprint density at radius 2 is 2.06 bits per heavy atom. The quantitative estimate of drug-likeness (QED) is 0.867. The zero-order chi connectivity index (χ0) is 14.1. The zero-order valence-electron chi connectivity index (χ0n) is 10.1. The Morgan fingerprint density at radius 3 is 2.39 bits per heavy atom. The van der Waals surface area contributed by atoms with Crippen molar-refractivity contribution in [2.24, 2.45) is 5.41 Å². The predicted octanol–water partition coefficient (Wildman–Crippen LogP) is 2.29. The van der Waals surface area contributed by atoms with E-state index in [2.05, 4.69) is 20.7 Å². The number of carboxylic acid groups (broad SMARTS) is 1. The van der Waals surface area contributed by atoms with Gasteiger partial charge in [0.25, 0.3) is 10.0 Å². The number of sulfonamides is 1. The Bertz CT molecular complexity index is 544. The first-order valence-corrected chi connectivity index (χ1v) is 8.19. The maximum Gasteiger partial charge on any atom is 0.322 e. The van der Waals surface area contributed by atoms with Crippen molar-refractivity contribution in [1.82, 2.24) is 4.72 Å². The Morgan fingerprint density at radius 1 is 1.50 bits per heavy atom. The lowest BCUT2D eigenvalue weighted by Crippen LogP contribution is -2.48. The van der Waals surface area contributed by atoms with Crippen LogP contribution in [-0.4, -0.2) is 25.5 Å². The Labute approximate surface area is 118 Å². The summed E-state index contributed by atoms with van der Waals surface area (Å²) < 4.78 is 26.9. The highest BCUT2D eigenvalue weighted by atomic mass is 79.9. The van der Waals surface area contributed by atoms with Crippen molar-refractivity contribution in [2.75, 3.05) is 0 Å². The number of halogens is 1. The zero-order valence-corrected chi connectivity index (χ0v) is 13.3. The highest BCUT2D eigenvalue weighted by Crippen LogP contribution is 2.29. The molecule has 0 aliphatic rings. The van der Waals surface area contributed by atoms with E-state index in [-0.39, 0.29) is 4.21 Å². The molecule has 0 spiro atoms. The molecule has 1 aromatic heterocycles. The molecule has 0 unspecified atom stereocenters. The maximum absolute atomic E-state index is 12.1. The number of hydrogen-bond acceptors (Lipinski definition) is 4. The minimum atomic E-state index is -3.83. The van der Waals surface area contributed by atoms with Crippen molar-refractivity contribution < 1.29 is 18.3 Å². The molecule has 0 aliphatic carbocycles. The molecule has 0 amide bonds. The molecule has 1 rings (SSSR count). The van der Waals surface area contributed by atoms with Crippen LogP contribution in [0.1, 0.15) is 20.8 Å². The Hall–Kier alpha value is -0.440. The maximum atomic E-state index is 12.1. The molecule has 0 aromatic carbocycles. The highest BCUT2D eigenvalue weighted by molar-refractivity contribution is 9.10. The summed E-state index contributed by atoms with van der Waals surface area (Å²) in [5.74, 6) is -1.20. The first kappa shape index (κ1) is 15.6. The van der Waals surface area contributed by atoms with Crippen molar-refractivity contribution in [3.63, 3.8) is 0 Å². The van der Waals surface area contributed by atoms with Crippen LogP contribution in [0, 0.1) is 5.41 Å². The van der Waals surface area contributed by atoms with Gasteiger partial charge in [-0.05, 0) is 32.8 Å². The van der Waals surface area contributed by atoms with E-state index < -0.39 is 27.4 Å². The number of rotatable bonds is 4. The molecular weight excluding hydrogens is 342 g/mol. The fraction of sp³-hybridized carbons (Fsp3) is 0.500. The van der Waals surface area contributed by atoms with Crippen LogP contribution in [0.3, 0.4) is 0 Å². The Kier molecular flexibility index (Phi) is 4.58. The number of carboxylic acids is 1. The molecule has 5 nitrogen and oxygen atoms in total. The van der Waals surface area contributed by atoms with Gasteiger partial charge in [-0.3, -0.25) is 4.79 Å². The smallest absolute Gasteiger partial charge is 0.322 e. The largest absolute Gasteiger partial charge is 0.480 e. The summed E-state index contributed by atoms with van der Waals surface area (Å²) in [6.07, 6.45) is 0. The third-order valence-electron chi connectivity index (χ3n) is 2.21. The van der Waals surface area contributed by atoms with E-state index in [0.29, 0.717) is 4.47 Å². The van der Waals surface area contributed by atoms with E-state index in [0.717, 1.165) is 11.3 Å². The summed E-state index contributed by atoms with van der Waals surface area (Å²) >= 11 is 4.15. The van der Waals surface area contributed by atoms with Crippen molar-refractivity contribution in [3.05, 3.63) is 15.9 Å². The molecule has 0 fully saturated rings. The second-order valence-corrected chi connectivity index (χ2v) is 8.49. The fourth-order valence-electron chi connectivity index (χ4n) is 1.28. The molecule has 18 heavy (non-hydrogen) atoms. The van der Waals surface area contributed by atoms with Crippen LogP contribution in [0.25, 0.3) is 0 Å². The molecule has 0 aliphatic heterocycles. The summed E-state index contributed by atoms with van der Waals surface area (Å²) in [7, 11) is -3.83. The second-order valence-electron chi connectivity index (χ2n) is 4.81. The molecule has 2 N–H and O–H groups in total. The van der Waals surface area contributed by atoms with Gasteiger partial charge in [0.2, 0.25) is 0 Å². The summed E-state index contributed by atoms with van der Waals surface area (Å²) in [5, 5.41) is 10.7. The van der Waals surface area contributed by atoms with E-state index in [1.165, 1.54) is 0 Å². The van der Waals surface area contributed by atoms with Gasteiger partial charge < -0.3 is 5.11 Å². The number of hydrogen-bond donors (Lipinski definition) is 2. The van der Waals surface area contributed by atoms with Gasteiger partial charge >= 0.3 is 5.97 Å². The molecule has 1 atom stereocenters. The summed E-state index contributed by atoms with van der Waals surface area (Å²) in [4.78, 5) is 11.1. The average Bonchev–Trinajstić information content (AvgIpc) is 2.59. The van der Waals surface area contributed by atoms with Crippen LogP contribution in [0.2, 0.25) is 0 Å². The molecule has 0 saturated carbocycles. The van der Waals surface area contributed by atoms with Gasteiger partial charge in [-0.25, -0.2) is 8.42 Å². The minimum Gasteiger partial charge on any atom is -0.480 e. The topological polar surface area (TPSA) is 83.5 Å². The monoisotopic (exact) mass is 355 g/mol. The van der Waals surface area contributed by atoms with Gasteiger partial charge in [0, 0.05) is 4.47 Å². The molecule has 1 heterocycles. The van der Waals surface area contributed by atoms with Crippen molar-refractivity contribution in [1.29, 1.82) is 0 Å². The average molecular weight is 356 g/mol. The lowest BCUT2D eigenvalue weighted by molar-refractivity contribution is -0.141. The molecular formula is C10H14BrNO4S2. The molecule has 0 bridgehead atoms. The third-order valence-corrected chi connectivity index (χ3v) is 6.31. The molecule has 102 valence electrons. The molecule has 0 saturated heterocycles. The van der Waals surface area contributed by atoms with Crippen LogP contribution >= 0.6 is 27.3 Å². The minimum absolute atomic E-state index is 0.0815. The van der Waals surface area contributed by atoms with Crippen LogP contribution in [0.4, 0.5) is 0 Å². The van der Waals surface area contributed by atoms with Crippen molar-refractivity contribution in [2.45, 2.75) is 31.0 Å². The third kappa shape index (κ3) is 3.53. The lowest BCUT2D eigenvalue weighted by Gasteiger charge is -2.27. The van der Waals surface area contributed by atoms with Gasteiger partial charge in [0.05, 0.1) is 0 Å². The van der Waals surface area contributed by atoms with E-state index in [9.17, 15) is 13.2 Å². The van der Waals surface area contributed by atoms with Crippen LogP contribution in [-0.2, 0) is 14.8 Å². The summed E-state index contributed by atoms with van der Waals surface area (Å²) in [6, 6.07) is 0.419. The second kappa shape index (κ2) is 5.28. The standard InChI is InChI=1S/C10H14BrNO4S2/c1-10(2,3)7(8(13)14)12-18(15,16)9-6(11)4-5-17-9/h4-5,7,12H,1-3H3,(H,13,14)/t7-/m1/s1. The van der Waals surface area contributed by atoms with Crippen molar-refractivity contribution >= 4 is 43.3 Å². The number of nitrogens with one attached hydrogen (secondary N) is 1. The highest BCUT2D eigenvalue weighted by Gasteiger charge is 2.36. The normalized spacial score (nSPS) is 14.4. The van der Waals surface area contributed by atoms with Gasteiger partial charge in [-0.2, -0.15) is 4.72 Å². The van der Waals surface area contributed by atoms with E-state index in [1.54, 1.807) is 32.2 Å². The molecule has 1 aromatic rings. The number of aliphatic carboxylic acids is 1. The van der Waals surface area contributed by atoms with E-state index >= 15 is 0 Å². The van der Waals surface area contributed by atoms with Gasteiger partial charge in [-0.15, -0.1) is 11.3 Å². The SMILES string of the molecule is CC(C)(C)[C@H](NS(=O)(=O)c1sccc1Br)C(=O)O. The molecule has 0 radical (unpaired) electrons. The van der Waals surface area contributed by atoms with Crippen LogP contribution < -0.4 is 4.72 Å². The number of thiophene rings is 1. The first-order chi connectivity index (χ1) is 8.05. The summed E-state index contributed by atoms with van der Waals surface area (Å²) in [5.41, 5.74) is -0.720. The van der Waals surface area contributed by atoms with Gasteiger partial charge in [-0.1, -0.05) is 20.8 Å². The number of carbonyl (C=O) groups is 1. The fourth-order valence-corrected chi connectivity index (χ4v) is 5.03. The lowest BCUT2D eigenvalue weighted by atomic mass is 9.88. The van der Waals surface area contributed by atoms with Crippen LogP contribution in [0.5, 0.6) is 0 Å². The molecule has 8 heteroatoms. The summed E-state index contributed by atoms with van der Waals surface area (Å²) in [6.45, 7) is 4.99. The van der Waals surface area contributed by atoms with E-state index in [4.69, 9.17) is 5.11 Å². The first-order valence-electron chi connectivity index (χ1n) is 5.04. The van der Waals surface area contributed by atoms with E-state index in [1.807, 2.05) is 0 Å². The predicted molar refractivity (Wildman–Crippen MR) is 73.2 cm³/mol.